The second-order valence-corrected chi connectivity index (χ2v) is 7.23. The van der Waals surface area contributed by atoms with E-state index in [0.717, 1.165) is 24.5 Å². The zero-order valence-corrected chi connectivity index (χ0v) is 13.3. The highest BCUT2D eigenvalue weighted by atomic mass is 32.1. The SMILES string of the molecule is c1cc(CCNC2CCCCC2C2CCCCN2)cs1. The third kappa shape index (κ3) is 3.84. The Kier molecular flexibility index (Phi) is 5.51. The Bertz CT molecular complexity index is 370. The van der Waals surface area contributed by atoms with E-state index in [1.165, 1.54) is 63.5 Å². The molecule has 2 fully saturated rings. The van der Waals surface area contributed by atoms with Gasteiger partial charge in [0.15, 0.2) is 0 Å². The lowest BCUT2D eigenvalue weighted by atomic mass is 9.77. The van der Waals surface area contributed by atoms with Crippen molar-refractivity contribution in [3.63, 3.8) is 0 Å². The summed E-state index contributed by atoms with van der Waals surface area (Å²) >= 11 is 1.81. The Hall–Kier alpha value is -0.380. The average molecular weight is 292 g/mol. The van der Waals surface area contributed by atoms with Gasteiger partial charge < -0.3 is 10.6 Å². The third-order valence-corrected chi connectivity index (χ3v) is 5.82. The van der Waals surface area contributed by atoms with E-state index in [-0.39, 0.29) is 0 Å². The fourth-order valence-electron chi connectivity index (χ4n) is 3.98. The molecule has 20 heavy (non-hydrogen) atoms. The van der Waals surface area contributed by atoms with Gasteiger partial charge in [-0.05, 0) is 73.5 Å². The van der Waals surface area contributed by atoms with Gasteiger partial charge in [-0.15, -0.1) is 0 Å². The second kappa shape index (κ2) is 7.58. The first-order valence-electron chi connectivity index (χ1n) is 8.41. The molecule has 1 aliphatic carbocycles. The fraction of sp³-hybridized carbons (Fsp3) is 0.765. The molecule has 0 radical (unpaired) electrons. The van der Waals surface area contributed by atoms with Crippen LogP contribution in [0.25, 0.3) is 0 Å². The van der Waals surface area contributed by atoms with Crippen molar-refractivity contribution in [2.75, 3.05) is 13.1 Å². The summed E-state index contributed by atoms with van der Waals surface area (Å²) < 4.78 is 0. The van der Waals surface area contributed by atoms with Crippen LogP contribution in [-0.2, 0) is 6.42 Å². The predicted molar refractivity (Wildman–Crippen MR) is 87.4 cm³/mol. The first-order valence-corrected chi connectivity index (χ1v) is 9.35. The first kappa shape index (κ1) is 14.6. The summed E-state index contributed by atoms with van der Waals surface area (Å²) in [6.07, 6.45) is 11.0. The van der Waals surface area contributed by atoms with Gasteiger partial charge in [-0.2, -0.15) is 11.3 Å². The minimum Gasteiger partial charge on any atom is -0.314 e. The molecule has 112 valence electrons. The standard InChI is InChI=1S/C17H28N2S/c1-2-6-17(19-11-8-14-9-12-20-13-14)15(5-1)16-7-3-4-10-18-16/h9,12-13,15-19H,1-8,10-11H2. The van der Waals surface area contributed by atoms with Crippen LogP contribution in [0.5, 0.6) is 0 Å². The largest absolute Gasteiger partial charge is 0.314 e. The molecule has 2 N–H and O–H groups in total. The van der Waals surface area contributed by atoms with Crippen LogP contribution < -0.4 is 10.6 Å². The van der Waals surface area contributed by atoms with Gasteiger partial charge in [0, 0.05) is 12.1 Å². The van der Waals surface area contributed by atoms with Gasteiger partial charge in [0.2, 0.25) is 0 Å². The maximum atomic E-state index is 3.87. The molecule has 3 heteroatoms. The van der Waals surface area contributed by atoms with Crippen LogP contribution in [0.2, 0.25) is 0 Å². The van der Waals surface area contributed by atoms with Crippen molar-refractivity contribution < 1.29 is 0 Å². The second-order valence-electron chi connectivity index (χ2n) is 6.45. The summed E-state index contributed by atoms with van der Waals surface area (Å²) in [5, 5.41) is 12.1. The van der Waals surface area contributed by atoms with Crippen LogP contribution in [0.1, 0.15) is 50.5 Å². The van der Waals surface area contributed by atoms with E-state index < -0.39 is 0 Å². The van der Waals surface area contributed by atoms with E-state index in [9.17, 15) is 0 Å². The first-order chi connectivity index (χ1) is 9.93. The molecule has 1 aromatic heterocycles. The number of hydrogen-bond donors (Lipinski definition) is 2. The lowest BCUT2D eigenvalue weighted by Gasteiger charge is -2.40. The average Bonchev–Trinajstić information content (AvgIpc) is 3.02. The zero-order valence-electron chi connectivity index (χ0n) is 12.4. The number of nitrogens with one attached hydrogen (secondary N) is 2. The lowest BCUT2D eigenvalue weighted by Crippen LogP contribution is -2.50. The van der Waals surface area contributed by atoms with Crippen molar-refractivity contribution in [3.8, 4) is 0 Å². The quantitative estimate of drug-likeness (QED) is 0.867. The fourth-order valence-corrected chi connectivity index (χ4v) is 4.68. The minimum atomic E-state index is 0.748. The maximum Gasteiger partial charge on any atom is 0.0110 e. The predicted octanol–water partition coefficient (Wildman–Crippen LogP) is 3.58. The third-order valence-electron chi connectivity index (χ3n) is 5.08. The van der Waals surface area contributed by atoms with Crippen LogP contribution in [0.3, 0.4) is 0 Å². The van der Waals surface area contributed by atoms with Crippen molar-refractivity contribution in [2.45, 2.75) is 63.5 Å². The van der Waals surface area contributed by atoms with Crippen molar-refractivity contribution in [1.29, 1.82) is 0 Å². The van der Waals surface area contributed by atoms with Crippen LogP contribution in [-0.4, -0.2) is 25.2 Å². The Morgan fingerprint density at radius 3 is 2.85 bits per heavy atom. The molecule has 1 saturated heterocycles. The molecule has 3 unspecified atom stereocenters. The van der Waals surface area contributed by atoms with E-state index in [1.807, 2.05) is 11.3 Å². The number of piperidine rings is 1. The van der Waals surface area contributed by atoms with E-state index in [1.54, 1.807) is 0 Å². The van der Waals surface area contributed by atoms with E-state index >= 15 is 0 Å². The molecular weight excluding hydrogens is 264 g/mol. The van der Waals surface area contributed by atoms with Gasteiger partial charge >= 0.3 is 0 Å². The molecule has 3 atom stereocenters. The van der Waals surface area contributed by atoms with Crippen molar-refractivity contribution in [3.05, 3.63) is 22.4 Å². The summed E-state index contributed by atoms with van der Waals surface area (Å²) in [6, 6.07) is 3.79. The highest BCUT2D eigenvalue weighted by Crippen LogP contribution is 2.30. The molecule has 1 aromatic rings. The van der Waals surface area contributed by atoms with Crippen molar-refractivity contribution in [1.82, 2.24) is 10.6 Å². The molecule has 3 rings (SSSR count). The Labute approximate surface area is 127 Å². The van der Waals surface area contributed by atoms with Gasteiger partial charge in [-0.3, -0.25) is 0 Å². The number of thiophene rings is 1. The summed E-state index contributed by atoms with van der Waals surface area (Å²) in [4.78, 5) is 0. The maximum absolute atomic E-state index is 3.87. The van der Waals surface area contributed by atoms with E-state index in [4.69, 9.17) is 0 Å². The normalized spacial score (nSPS) is 31.3. The molecular formula is C17H28N2S. The van der Waals surface area contributed by atoms with Gasteiger partial charge in [-0.25, -0.2) is 0 Å². The smallest absolute Gasteiger partial charge is 0.0110 e. The number of hydrogen-bond acceptors (Lipinski definition) is 3. The molecule has 0 aromatic carbocycles. The summed E-state index contributed by atoms with van der Waals surface area (Å²) in [5.41, 5.74) is 1.49. The van der Waals surface area contributed by atoms with Crippen molar-refractivity contribution >= 4 is 11.3 Å². The number of rotatable bonds is 5. The zero-order chi connectivity index (χ0) is 13.6. The molecule has 0 bridgehead atoms. The van der Waals surface area contributed by atoms with Gasteiger partial charge in [-0.1, -0.05) is 19.3 Å². The Balaban J connectivity index is 1.49. The summed E-state index contributed by atoms with van der Waals surface area (Å²) in [7, 11) is 0. The van der Waals surface area contributed by atoms with Crippen LogP contribution in [0.4, 0.5) is 0 Å². The molecule has 0 spiro atoms. The van der Waals surface area contributed by atoms with Gasteiger partial charge in [0.05, 0.1) is 0 Å². The van der Waals surface area contributed by atoms with Crippen LogP contribution in [0.15, 0.2) is 16.8 Å². The summed E-state index contributed by atoms with van der Waals surface area (Å²) in [6.45, 7) is 2.38. The molecule has 1 aliphatic heterocycles. The van der Waals surface area contributed by atoms with Gasteiger partial charge in [0.25, 0.3) is 0 Å². The minimum absolute atomic E-state index is 0.748. The molecule has 2 heterocycles. The Morgan fingerprint density at radius 1 is 1.15 bits per heavy atom. The monoisotopic (exact) mass is 292 g/mol. The Morgan fingerprint density at radius 2 is 2.05 bits per heavy atom. The summed E-state index contributed by atoms with van der Waals surface area (Å²) in [5.74, 6) is 0.867. The van der Waals surface area contributed by atoms with Gasteiger partial charge in [0.1, 0.15) is 0 Å². The van der Waals surface area contributed by atoms with Crippen molar-refractivity contribution in [2.24, 2.45) is 5.92 Å². The topological polar surface area (TPSA) is 24.1 Å². The highest BCUT2D eigenvalue weighted by molar-refractivity contribution is 7.07. The van der Waals surface area contributed by atoms with Crippen LogP contribution in [0, 0.1) is 5.92 Å². The van der Waals surface area contributed by atoms with E-state index in [0.29, 0.717) is 0 Å². The highest BCUT2D eigenvalue weighted by Gasteiger charge is 2.31. The lowest BCUT2D eigenvalue weighted by molar-refractivity contribution is 0.183. The molecule has 2 aliphatic rings. The molecule has 2 nitrogen and oxygen atoms in total. The van der Waals surface area contributed by atoms with E-state index in [2.05, 4.69) is 27.5 Å². The molecule has 1 saturated carbocycles. The molecule has 0 amide bonds. The van der Waals surface area contributed by atoms with Crippen LogP contribution >= 0.6 is 11.3 Å².